The molecule has 1 aliphatic rings. The Morgan fingerprint density at radius 3 is 2.34 bits per heavy atom. The summed E-state index contributed by atoms with van der Waals surface area (Å²) < 4.78 is 40.6. The molecule has 2 aromatic carbocycles. The van der Waals surface area contributed by atoms with Gasteiger partial charge in [0.05, 0.1) is 11.6 Å². The molecular formula is C19H15ClF3N3O2S. The molecule has 1 amide bonds. The molecule has 0 saturated heterocycles. The van der Waals surface area contributed by atoms with Crippen molar-refractivity contribution in [1.29, 1.82) is 0 Å². The molecule has 0 fully saturated rings. The highest BCUT2D eigenvalue weighted by Crippen LogP contribution is 2.29. The normalized spacial score (nSPS) is 16.7. The first kappa shape index (κ1) is 20.9. The minimum Gasteiger partial charge on any atom is -0.406 e. The molecule has 2 aromatic rings. The lowest BCUT2D eigenvalue weighted by Gasteiger charge is -2.30. The summed E-state index contributed by atoms with van der Waals surface area (Å²) in [5, 5.41) is 9.55. The number of carbonyl (C=O) groups excluding carboxylic acids is 1. The number of alkyl halides is 3. The lowest BCUT2D eigenvalue weighted by atomic mass is 9.95. The zero-order valence-electron chi connectivity index (χ0n) is 14.9. The van der Waals surface area contributed by atoms with Gasteiger partial charge < -0.3 is 20.7 Å². The summed E-state index contributed by atoms with van der Waals surface area (Å²) in [6, 6.07) is 11.3. The van der Waals surface area contributed by atoms with Gasteiger partial charge in [-0.05, 0) is 61.1 Å². The van der Waals surface area contributed by atoms with Crippen molar-refractivity contribution in [3.05, 3.63) is 70.4 Å². The van der Waals surface area contributed by atoms with E-state index in [1.165, 1.54) is 12.1 Å². The highest BCUT2D eigenvalue weighted by atomic mass is 35.5. The van der Waals surface area contributed by atoms with Crippen LogP contribution in [0.25, 0.3) is 0 Å². The monoisotopic (exact) mass is 441 g/mol. The van der Waals surface area contributed by atoms with Crippen molar-refractivity contribution in [2.24, 2.45) is 0 Å². The van der Waals surface area contributed by atoms with Crippen LogP contribution in [0.15, 0.2) is 59.8 Å². The average molecular weight is 442 g/mol. The van der Waals surface area contributed by atoms with Crippen LogP contribution in [0, 0.1) is 0 Å². The molecule has 1 aliphatic heterocycles. The Hall–Kier alpha value is -2.78. The average Bonchev–Trinajstić information content (AvgIpc) is 2.62. The molecule has 10 heteroatoms. The molecule has 1 heterocycles. The molecule has 0 radical (unpaired) electrons. The fourth-order valence-electron chi connectivity index (χ4n) is 2.84. The number of hydrogen-bond acceptors (Lipinski definition) is 3. The summed E-state index contributed by atoms with van der Waals surface area (Å²) in [6.07, 6.45) is -4.78. The maximum atomic E-state index is 12.9. The summed E-state index contributed by atoms with van der Waals surface area (Å²) in [5.41, 5.74) is 2.03. The second-order valence-corrected chi connectivity index (χ2v) is 6.99. The summed E-state index contributed by atoms with van der Waals surface area (Å²) >= 11 is 11.1. The van der Waals surface area contributed by atoms with Gasteiger partial charge in [-0.2, -0.15) is 0 Å². The number of hydrogen-bond donors (Lipinski definition) is 3. The van der Waals surface area contributed by atoms with E-state index in [0.29, 0.717) is 27.1 Å². The van der Waals surface area contributed by atoms with Gasteiger partial charge in [0.1, 0.15) is 5.75 Å². The van der Waals surface area contributed by atoms with Crippen molar-refractivity contribution >= 4 is 40.5 Å². The first-order valence-electron chi connectivity index (χ1n) is 8.33. The maximum absolute atomic E-state index is 12.9. The van der Waals surface area contributed by atoms with E-state index in [4.69, 9.17) is 23.8 Å². The number of halogens is 4. The van der Waals surface area contributed by atoms with E-state index < -0.39 is 18.3 Å². The zero-order valence-corrected chi connectivity index (χ0v) is 16.5. The lowest BCUT2D eigenvalue weighted by molar-refractivity contribution is -0.274. The van der Waals surface area contributed by atoms with E-state index >= 15 is 0 Å². The van der Waals surface area contributed by atoms with E-state index in [9.17, 15) is 18.0 Å². The van der Waals surface area contributed by atoms with Crippen molar-refractivity contribution in [1.82, 2.24) is 10.6 Å². The lowest BCUT2D eigenvalue weighted by Crippen LogP contribution is -2.45. The zero-order chi connectivity index (χ0) is 21.2. The van der Waals surface area contributed by atoms with E-state index in [2.05, 4.69) is 20.7 Å². The van der Waals surface area contributed by atoms with Gasteiger partial charge in [0, 0.05) is 16.4 Å². The summed E-state index contributed by atoms with van der Waals surface area (Å²) in [7, 11) is 0. The number of carbonyl (C=O) groups is 1. The van der Waals surface area contributed by atoms with Crippen molar-refractivity contribution in [2.75, 3.05) is 5.32 Å². The Bertz CT molecular complexity index is 960. The number of ether oxygens (including phenoxy) is 1. The standard InChI is InChI=1S/C19H15ClF3N3O2S/c1-10-15(16(26-18(29)24-10)11-2-4-12(20)5-3-11)17(27)25-13-6-8-14(9-7-13)28-19(21,22)23/h2-9,16H,1H3,(H,25,27)(H2,24,26,29)/t16-/m0/s1. The number of allylic oxidation sites excluding steroid dienone is 1. The van der Waals surface area contributed by atoms with Crippen LogP contribution >= 0.6 is 23.8 Å². The first-order valence-corrected chi connectivity index (χ1v) is 9.12. The van der Waals surface area contributed by atoms with Crippen molar-refractivity contribution < 1.29 is 22.7 Å². The van der Waals surface area contributed by atoms with Crippen LogP contribution in [0.3, 0.4) is 0 Å². The van der Waals surface area contributed by atoms with Gasteiger partial charge in [-0.3, -0.25) is 4.79 Å². The number of thiocarbonyl (C=S) groups is 1. The number of amides is 1. The Kier molecular flexibility index (Phi) is 5.99. The van der Waals surface area contributed by atoms with Gasteiger partial charge in [0.25, 0.3) is 5.91 Å². The molecule has 0 spiro atoms. The van der Waals surface area contributed by atoms with Gasteiger partial charge in [0.2, 0.25) is 0 Å². The molecule has 152 valence electrons. The number of rotatable bonds is 4. The van der Waals surface area contributed by atoms with Gasteiger partial charge in [-0.25, -0.2) is 0 Å². The predicted molar refractivity (Wildman–Crippen MR) is 108 cm³/mol. The minimum absolute atomic E-state index is 0.313. The topological polar surface area (TPSA) is 62.4 Å². The summed E-state index contributed by atoms with van der Waals surface area (Å²) in [5.74, 6) is -0.814. The third-order valence-corrected chi connectivity index (χ3v) is 4.53. The van der Waals surface area contributed by atoms with Crippen LogP contribution in [0.2, 0.25) is 5.02 Å². The van der Waals surface area contributed by atoms with Crippen LogP contribution in [0.4, 0.5) is 18.9 Å². The van der Waals surface area contributed by atoms with E-state index in [1.54, 1.807) is 31.2 Å². The molecule has 0 unspecified atom stereocenters. The second-order valence-electron chi connectivity index (χ2n) is 6.15. The van der Waals surface area contributed by atoms with Crippen LogP contribution in [0.5, 0.6) is 5.75 Å². The van der Waals surface area contributed by atoms with Gasteiger partial charge >= 0.3 is 6.36 Å². The summed E-state index contributed by atoms with van der Waals surface area (Å²) in [4.78, 5) is 12.9. The Balaban J connectivity index is 1.82. The van der Waals surface area contributed by atoms with Crippen LogP contribution in [-0.4, -0.2) is 17.4 Å². The van der Waals surface area contributed by atoms with Crippen LogP contribution in [-0.2, 0) is 4.79 Å². The Morgan fingerprint density at radius 1 is 1.14 bits per heavy atom. The molecule has 0 aromatic heterocycles. The first-order chi connectivity index (χ1) is 13.6. The fourth-order valence-corrected chi connectivity index (χ4v) is 3.24. The number of benzene rings is 2. The highest BCUT2D eigenvalue weighted by Gasteiger charge is 2.31. The van der Waals surface area contributed by atoms with Crippen molar-refractivity contribution in [3.63, 3.8) is 0 Å². The van der Waals surface area contributed by atoms with E-state index in [-0.39, 0.29) is 5.75 Å². The fraction of sp³-hybridized carbons (Fsp3) is 0.158. The largest absolute Gasteiger partial charge is 0.573 e. The maximum Gasteiger partial charge on any atom is 0.573 e. The van der Waals surface area contributed by atoms with Crippen molar-refractivity contribution in [2.45, 2.75) is 19.3 Å². The Morgan fingerprint density at radius 2 is 1.76 bits per heavy atom. The SMILES string of the molecule is CC1=C(C(=O)Nc2ccc(OC(F)(F)F)cc2)[C@H](c2ccc(Cl)cc2)NC(=S)N1. The van der Waals surface area contributed by atoms with Crippen molar-refractivity contribution in [3.8, 4) is 5.75 Å². The minimum atomic E-state index is -4.78. The Labute approximate surface area is 174 Å². The molecule has 3 rings (SSSR count). The molecular weight excluding hydrogens is 427 g/mol. The van der Waals surface area contributed by atoms with Crippen LogP contribution < -0.4 is 20.7 Å². The highest BCUT2D eigenvalue weighted by molar-refractivity contribution is 7.80. The molecule has 3 N–H and O–H groups in total. The van der Waals surface area contributed by atoms with Crippen LogP contribution in [0.1, 0.15) is 18.5 Å². The molecule has 29 heavy (non-hydrogen) atoms. The predicted octanol–water partition coefficient (Wildman–Crippen LogP) is 4.67. The second kappa shape index (κ2) is 8.30. The third kappa shape index (κ3) is 5.39. The van der Waals surface area contributed by atoms with Gasteiger partial charge in [-0.15, -0.1) is 13.2 Å². The number of anilines is 1. The number of nitrogens with one attached hydrogen (secondary N) is 3. The molecule has 5 nitrogen and oxygen atoms in total. The molecule has 0 saturated carbocycles. The third-order valence-electron chi connectivity index (χ3n) is 4.06. The smallest absolute Gasteiger partial charge is 0.406 e. The van der Waals surface area contributed by atoms with Gasteiger partial charge in [-0.1, -0.05) is 23.7 Å². The molecule has 1 atom stereocenters. The summed E-state index contributed by atoms with van der Waals surface area (Å²) in [6.45, 7) is 1.71. The molecule has 0 aliphatic carbocycles. The quantitative estimate of drug-likeness (QED) is 0.602. The molecule has 0 bridgehead atoms. The van der Waals surface area contributed by atoms with E-state index in [0.717, 1.165) is 17.7 Å². The van der Waals surface area contributed by atoms with E-state index in [1.807, 2.05) is 0 Å². The van der Waals surface area contributed by atoms with Gasteiger partial charge in [0.15, 0.2) is 5.11 Å².